The molecule has 0 radical (unpaired) electrons. The normalized spacial score (nSPS) is 28.1. The fraction of sp³-hybridized carbons (Fsp3) is 0.667. The van der Waals surface area contributed by atoms with Gasteiger partial charge in [-0.05, 0) is 44.2 Å². The molecule has 0 amide bonds. The lowest BCUT2D eigenvalue weighted by Crippen LogP contribution is -2.29. The molecule has 2 rings (SSSR count). The van der Waals surface area contributed by atoms with Gasteiger partial charge in [0.15, 0.2) is 0 Å². The van der Waals surface area contributed by atoms with E-state index in [9.17, 15) is 0 Å². The van der Waals surface area contributed by atoms with Crippen LogP contribution < -0.4 is 10.1 Å². The fourth-order valence-corrected chi connectivity index (χ4v) is 2.64. The molecule has 18 heavy (non-hydrogen) atoms. The molecule has 0 spiro atoms. The van der Waals surface area contributed by atoms with Gasteiger partial charge in [0, 0.05) is 24.5 Å². The van der Waals surface area contributed by atoms with E-state index >= 15 is 0 Å². The first kappa shape index (κ1) is 13.3. The molecule has 3 heteroatoms. The standard InChI is InChI=1S/C15H24N2O/c1-11-4-5-14(8-12(11)2)18-15-6-7-17-10-13(15)9-16-3/h6-7,10-12,14,16H,4-5,8-9H2,1-3H3. The van der Waals surface area contributed by atoms with Crippen molar-refractivity contribution < 1.29 is 4.74 Å². The molecule has 0 bridgehead atoms. The molecule has 3 nitrogen and oxygen atoms in total. The maximum absolute atomic E-state index is 6.18. The van der Waals surface area contributed by atoms with Crippen LogP contribution in [-0.4, -0.2) is 18.1 Å². The molecule has 1 aliphatic carbocycles. The lowest BCUT2D eigenvalue weighted by atomic mass is 9.80. The molecule has 1 fully saturated rings. The summed E-state index contributed by atoms with van der Waals surface area (Å²) in [4.78, 5) is 4.16. The minimum absolute atomic E-state index is 0.370. The average Bonchev–Trinajstić information content (AvgIpc) is 2.37. The van der Waals surface area contributed by atoms with E-state index in [1.54, 1.807) is 0 Å². The second kappa shape index (κ2) is 6.19. The van der Waals surface area contributed by atoms with Gasteiger partial charge in [-0.1, -0.05) is 13.8 Å². The largest absolute Gasteiger partial charge is 0.490 e. The summed E-state index contributed by atoms with van der Waals surface area (Å²) in [7, 11) is 1.95. The number of hydrogen-bond acceptors (Lipinski definition) is 3. The summed E-state index contributed by atoms with van der Waals surface area (Å²) >= 11 is 0. The van der Waals surface area contributed by atoms with Gasteiger partial charge < -0.3 is 10.1 Å². The third kappa shape index (κ3) is 3.22. The van der Waals surface area contributed by atoms with Crippen LogP contribution in [0, 0.1) is 11.8 Å². The van der Waals surface area contributed by atoms with Gasteiger partial charge in [0.2, 0.25) is 0 Å². The second-order valence-corrected chi connectivity index (χ2v) is 5.52. The van der Waals surface area contributed by atoms with Crippen LogP contribution in [0.2, 0.25) is 0 Å². The van der Waals surface area contributed by atoms with Crippen LogP contribution >= 0.6 is 0 Å². The maximum Gasteiger partial charge on any atom is 0.127 e. The van der Waals surface area contributed by atoms with Gasteiger partial charge in [0.25, 0.3) is 0 Å². The monoisotopic (exact) mass is 248 g/mol. The Morgan fingerprint density at radius 3 is 2.89 bits per heavy atom. The number of ether oxygens (including phenoxy) is 1. The molecule has 1 aromatic heterocycles. The quantitative estimate of drug-likeness (QED) is 0.889. The minimum Gasteiger partial charge on any atom is -0.490 e. The third-order valence-corrected chi connectivity index (χ3v) is 4.07. The predicted molar refractivity (Wildman–Crippen MR) is 73.6 cm³/mol. The van der Waals surface area contributed by atoms with E-state index in [2.05, 4.69) is 24.1 Å². The van der Waals surface area contributed by atoms with Gasteiger partial charge in [-0.2, -0.15) is 0 Å². The average molecular weight is 248 g/mol. The van der Waals surface area contributed by atoms with E-state index in [0.717, 1.165) is 29.7 Å². The Morgan fingerprint density at radius 1 is 1.33 bits per heavy atom. The lowest BCUT2D eigenvalue weighted by Gasteiger charge is -2.32. The van der Waals surface area contributed by atoms with Crippen molar-refractivity contribution in [1.82, 2.24) is 10.3 Å². The molecule has 3 atom stereocenters. The van der Waals surface area contributed by atoms with Crippen LogP contribution in [0.25, 0.3) is 0 Å². The van der Waals surface area contributed by atoms with Crippen LogP contribution in [-0.2, 0) is 6.54 Å². The van der Waals surface area contributed by atoms with E-state index in [0.29, 0.717) is 6.10 Å². The van der Waals surface area contributed by atoms with E-state index in [1.807, 2.05) is 25.5 Å². The van der Waals surface area contributed by atoms with Crippen molar-refractivity contribution >= 4 is 0 Å². The summed E-state index contributed by atoms with van der Waals surface area (Å²) in [5.74, 6) is 2.59. The Kier molecular flexibility index (Phi) is 4.59. The molecular formula is C15H24N2O. The Bertz CT molecular complexity index is 381. The van der Waals surface area contributed by atoms with Gasteiger partial charge in [0.05, 0.1) is 6.10 Å². The van der Waals surface area contributed by atoms with Crippen molar-refractivity contribution in [2.45, 2.75) is 45.8 Å². The van der Waals surface area contributed by atoms with E-state index in [4.69, 9.17) is 4.74 Å². The van der Waals surface area contributed by atoms with Gasteiger partial charge in [0.1, 0.15) is 5.75 Å². The summed E-state index contributed by atoms with van der Waals surface area (Å²) in [6.45, 7) is 5.49. The van der Waals surface area contributed by atoms with Gasteiger partial charge >= 0.3 is 0 Å². The van der Waals surface area contributed by atoms with E-state index in [-0.39, 0.29) is 0 Å². The highest BCUT2D eigenvalue weighted by Gasteiger charge is 2.26. The maximum atomic E-state index is 6.18. The molecule has 3 unspecified atom stereocenters. The highest BCUT2D eigenvalue weighted by atomic mass is 16.5. The summed E-state index contributed by atoms with van der Waals surface area (Å²) in [6.07, 6.45) is 7.69. The molecule has 1 aliphatic rings. The van der Waals surface area contributed by atoms with Crippen molar-refractivity contribution in [1.29, 1.82) is 0 Å². The van der Waals surface area contributed by atoms with Crippen molar-refractivity contribution in [3.05, 3.63) is 24.0 Å². The summed E-state index contributed by atoms with van der Waals surface area (Å²) in [5.41, 5.74) is 1.14. The highest BCUT2D eigenvalue weighted by molar-refractivity contribution is 5.30. The number of nitrogens with zero attached hydrogens (tertiary/aromatic N) is 1. The number of pyridine rings is 1. The number of nitrogens with one attached hydrogen (secondary N) is 1. The third-order valence-electron chi connectivity index (χ3n) is 4.07. The number of rotatable bonds is 4. The van der Waals surface area contributed by atoms with Crippen LogP contribution in [0.4, 0.5) is 0 Å². The molecule has 1 aromatic rings. The van der Waals surface area contributed by atoms with Crippen molar-refractivity contribution in [3.63, 3.8) is 0 Å². The molecule has 0 aliphatic heterocycles. The molecule has 100 valence electrons. The SMILES string of the molecule is CNCc1cnccc1OC1CCC(C)C(C)C1. The molecular weight excluding hydrogens is 224 g/mol. The number of aromatic nitrogens is 1. The molecule has 1 heterocycles. The zero-order valence-corrected chi connectivity index (χ0v) is 11.6. The Morgan fingerprint density at radius 2 is 2.17 bits per heavy atom. The second-order valence-electron chi connectivity index (χ2n) is 5.52. The number of hydrogen-bond donors (Lipinski definition) is 1. The van der Waals surface area contributed by atoms with Gasteiger partial charge in [-0.3, -0.25) is 4.98 Å². The van der Waals surface area contributed by atoms with Crippen LogP contribution in [0.15, 0.2) is 18.5 Å². The zero-order chi connectivity index (χ0) is 13.0. The van der Waals surface area contributed by atoms with Crippen molar-refractivity contribution in [2.24, 2.45) is 11.8 Å². The lowest BCUT2D eigenvalue weighted by molar-refractivity contribution is 0.0995. The fourth-order valence-electron chi connectivity index (χ4n) is 2.64. The van der Waals surface area contributed by atoms with Crippen LogP contribution in [0.3, 0.4) is 0 Å². The van der Waals surface area contributed by atoms with E-state index < -0.39 is 0 Å². The Labute approximate surface area is 110 Å². The zero-order valence-electron chi connectivity index (χ0n) is 11.6. The first-order chi connectivity index (χ1) is 8.70. The van der Waals surface area contributed by atoms with Gasteiger partial charge in [-0.25, -0.2) is 0 Å². The van der Waals surface area contributed by atoms with Gasteiger partial charge in [-0.15, -0.1) is 0 Å². The minimum atomic E-state index is 0.370. The van der Waals surface area contributed by atoms with Crippen LogP contribution in [0.1, 0.15) is 38.7 Å². The molecule has 1 saturated carbocycles. The summed E-state index contributed by atoms with van der Waals surface area (Å²) < 4.78 is 6.18. The first-order valence-corrected chi connectivity index (χ1v) is 6.95. The Balaban J connectivity index is 2.01. The summed E-state index contributed by atoms with van der Waals surface area (Å²) in [6, 6.07) is 1.98. The molecule has 0 saturated heterocycles. The highest BCUT2D eigenvalue weighted by Crippen LogP contribution is 2.32. The van der Waals surface area contributed by atoms with Crippen molar-refractivity contribution in [3.8, 4) is 5.75 Å². The Hall–Kier alpha value is -1.09. The molecule has 1 N–H and O–H groups in total. The predicted octanol–water partition coefficient (Wildman–Crippen LogP) is 3.00. The topological polar surface area (TPSA) is 34.2 Å². The van der Waals surface area contributed by atoms with E-state index in [1.165, 1.54) is 19.3 Å². The smallest absolute Gasteiger partial charge is 0.127 e. The van der Waals surface area contributed by atoms with Crippen LogP contribution in [0.5, 0.6) is 5.75 Å². The first-order valence-electron chi connectivity index (χ1n) is 6.95. The summed E-state index contributed by atoms with van der Waals surface area (Å²) in [5, 5.41) is 3.16. The van der Waals surface area contributed by atoms with Crippen molar-refractivity contribution in [2.75, 3.05) is 7.05 Å². The molecule has 0 aromatic carbocycles.